The van der Waals surface area contributed by atoms with Gasteiger partial charge in [-0.2, -0.15) is 9.61 Å². The molecule has 1 aliphatic rings. The smallest absolute Gasteiger partial charge is 0.162 e. The highest BCUT2D eigenvalue weighted by molar-refractivity contribution is 5.76. The average Bonchev–Trinajstić information content (AvgIpc) is 3.42. The predicted molar refractivity (Wildman–Crippen MR) is 132 cm³/mol. The molecule has 8 heteroatoms. The molecule has 2 atom stereocenters. The zero-order valence-corrected chi connectivity index (χ0v) is 19.7. The van der Waals surface area contributed by atoms with E-state index in [1.165, 1.54) is 24.8 Å². The van der Waals surface area contributed by atoms with Crippen LogP contribution in [0.1, 0.15) is 43.7 Å². The summed E-state index contributed by atoms with van der Waals surface area (Å²) >= 11 is 0. The summed E-state index contributed by atoms with van der Waals surface area (Å²) in [6, 6.07) is 8.86. The second-order valence-electron chi connectivity index (χ2n) is 9.07. The number of hydrogen-bond acceptors (Lipinski definition) is 6. The Morgan fingerprint density at radius 1 is 1.18 bits per heavy atom. The summed E-state index contributed by atoms with van der Waals surface area (Å²) in [5.41, 5.74) is 5.37. The van der Waals surface area contributed by atoms with E-state index < -0.39 is 0 Å². The van der Waals surface area contributed by atoms with E-state index in [9.17, 15) is 0 Å². The van der Waals surface area contributed by atoms with Crippen molar-refractivity contribution in [3.05, 3.63) is 47.9 Å². The number of aryl methyl sites for hydroxylation is 2. The van der Waals surface area contributed by atoms with Gasteiger partial charge in [0.2, 0.25) is 0 Å². The maximum Gasteiger partial charge on any atom is 0.162 e. The molecular formula is C25H33N7O. The molecular weight excluding hydrogens is 414 g/mol. The van der Waals surface area contributed by atoms with Crippen molar-refractivity contribution in [2.45, 2.75) is 51.6 Å². The topological polar surface area (TPSA) is 81.3 Å². The quantitative estimate of drug-likeness (QED) is 0.416. The van der Waals surface area contributed by atoms with E-state index in [0.29, 0.717) is 18.5 Å². The third-order valence-electron chi connectivity index (χ3n) is 6.81. The van der Waals surface area contributed by atoms with Crippen molar-refractivity contribution in [2.24, 2.45) is 13.0 Å². The highest BCUT2D eigenvalue weighted by Crippen LogP contribution is 2.29. The van der Waals surface area contributed by atoms with Crippen LogP contribution in [0.5, 0.6) is 0 Å². The fourth-order valence-corrected chi connectivity index (χ4v) is 4.94. The summed E-state index contributed by atoms with van der Waals surface area (Å²) in [5.74, 6) is 2.34. The number of hydrogen-bond donors (Lipinski definition) is 2. The van der Waals surface area contributed by atoms with Crippen LogP contribution in [0.15, 0.2) is 36.8 Å². The normalized spacial score (nSPS) is 18.8. The van der Waals surface area contributed by atoms with Gasteiger partial charge >= 0.3 is 0 Å². The number of ether oxygens (including phenoxy) is 1. The summed E-state index contributed by atoms with van der Waals surface area (Å²) in [6.07, 6.45) is 9.53. The van der Waals surface area contributed by atoms with Crippen LogP contribution in [0.25, 0.3) is 16.7 Å². The fraction of sp³-hybridized carbons (Fsp3) is 0.480. The van der Waals surface area contributed by atoms with Gasteiger partial charge in [-0.25, -0.2) is 9.97 Å². The lowest BCUT2D eigenvalue weighted by Crippen LogP contribution is -2.35. The molecule has 5 rings (SSSR count). The first-order chi connectivity index (χ1) is 16.2. The van der Waals surface area contributed by atoms with Gasteiger partial charge in [0, 0.05) is 44.3 Å². The molecule has 0 saturated heterocycles. The fourth-order valence-electron chi connectivity index (χ4n) is 4.94. The first-order valence-corrected chi connectivity index (χ1v) is 11.9. The van der Waals surface area contributed by atoms with Crippen molar-refractivity contribution in [3.63, 3.8) is 0 Å². The van der Waals surface area contributed by atoms with Crippen LogP contribution in [0, 0.1) is 5.92 Å². The minimum Gasteiger partial charge on any atom is -0.384 e. The summed E-state index contributed by atoms with van der Waals surface area (Å²) in [6.45, 7) is 3.61. The molecule has 3 aromatic heterocycles. The Labute approximate surface area is 194 Å². The largest absolute Gasteiger partial charge is 0.384 e. The maximum atomic E-state index is 5.49. The SMILES string of the molecule is CCc1cnn2c(NCc3ccc4c(c3)ncn4C)cc(N[C@H]3CCCC[C@H]3COC)nc12. The summed E-state index contributed by atoms with van der Waals surface area (Å²) < 4.78 is 9.44. The van der Waals surface area contributed by atoms with Crippen LogP contribution in [0.3, 0.4) is 0 Å². The third kappa shape index (κ3) is 4.39. The van der Waals surface area contributed by atoms with Gasteiger partial charge in [0.25, 0.3) is 0 Å². The van der Waals surface area contributed by atoms with Crippen molar-refractivity contribution in [3.8, 4) is 0 Å². The van der Waals surface area contributed by atoms with Gasteiger partial charge in [0.15, 0.2) is 5.65 Å². The molecule has 1 saturated carbocycles. The van der Waals surface area contributed by atoms with Crippen molar-refractivity contribution < 1.29 is 4.74 Å². The van der Waals surface area contributed by atoms with Crippen molar-refractivity contribution in [2.75, 3.05) is 24.4 Å². The number of aromatic nitrogens is 5. The van der Waals surface area contributed by atoms with E-state index in [0.717, 1.165) is 53.3 Å². The molecule has 8 nitrogen and oxygen atoms in total. The summed E-state index contributed by atoms with van der Waals surface area (Å²) in [5, 5.41) is 11.9. The lowest BCUT2D eigenvalue weighted by Gasteiger charge is -2.32. The molecule has 0 spiro atoms. The number of benzene rings is 1. The Kier molecular flexibility index (Phi) is 6.17. The number of nitrogens with zero attached hydrogens (tertiary/aromatic N) is 5. The van der Waals surface area contributed by atoms with Gasteiger partial charge < -0.3 is 19.9 Å². The van der Waals surface area contributed by atoms with Gasteiger partial charge in [0.05, 0.1) is 30.2 Å². The summed E-state index contributed by atoms with van der Waals surface area (Å²) in [7, 11) is 3.81. The maximum absolute atomic E-state index is 5.49. The van der Waals surface area contributed by atoms with Crippen molar-refractivity contribution in [1.29, 1.82) is 0 Å². The van der Waals surface area contributed by atoms with Gasteiger partial charge in [-0.1, -0.05) is 25.8 Å². The number of methoxy groups -OCH3 is 1. The number of anilines is 2. The molecule has 1 aromatic carbocycles. The Morgan fingerprint density at radius 3 is 2.91 bits per heavy atom. The van der Waals surface area contributed by atoms with E-state index >= 15 is 0 Å². The first kappa shape index (κ1) is 21.7. The standard InChI is InChI=1S/C25H33N7O/c1-4-18-14-28-32-24(26-13-17-9-10-22-21(11-17)27-16-31(22)2)12-23(30-25(18)32)29-20-8-6-5-7-19(20)15-33-3/h9-12,14,16,19-20,26H,4-8,13,15H2,1-3H3,(H,29,30)/t19-,20-/m0/s1. The van der Waals surface area contributed by atoms with Gasteiger partial charge in [-0.05, 0) is 37.0 Å². The van der Waals surface area contributed by atoms with Gasteiger partial charge in [-0.15, -0.1) is 0 Å². The number of nitrogens with one attached hydrogen (secondary N) is 2. The molecule has 1 fully saturated rings. The van der Waals surface area contributed by atoms with E-state index in [2.05, 4.69) is 51.9 Å². The van der Waals surface area contributed by atoms with E-state index in [-0.39, 0.29) is 0 Å². The van der Waals surface area contributed by atoms with Crippen LogP contribution in [0.4, 0.5) is 11.6 Å². The lowest BCUT2D eigenvalue weighted by atomic mass is 9.85. The zero-order chi connectivity index (χ0) is 22.8. The monoisotopic (exact) mass is 447 g/mol. The number of fused-ring (bicyclic) bond motifs is 2. The average molecular weight is 448 g/mol. The highest BCUT2D eigenvalue weighted by Gasteiger charge is 2.25. The number of imidazole rings is 1. The van der Waals surface area contributed by atoms with Crippen molar-refractivity contribution in [1.82, 2.24) is 24.1 Å². The van der Waals surface area contributed by atoms with Crippen LogP contribution >= 0.6 is 0 Å². The molecule has 1 aliphatic carbocycles. The van der Waals surface area contributed by atoms with Gasteiger partial charge in [0.1, 0.15) is 11.6 Å². The van der Waals surface area contributed by atoms with E-state index in [1.807, 2.05) is 28.7 Å². The first-order valence-electron chi connectivity index (χ1n) is 11.9. The van der Waals surface area contributed by atoms with E-state index in [1.54, 1.807) is 7.11 Å². The van der Waals surface area contributed by atoms with E-state index in [4.69, 9.17) is 9.72 Å². The lowest BCUT2D eigenvalue weighted by molar-refractivity contribution is 0.124. The molecule has 0 bridgehead atoms. The Morgan fingerprint density at radius 2 is 2.06 bits per heavy atom. The molecule has 0 radical (unpaired) electrons. The molecule has 0 unspecified atom stereocenters. The predicted octanol–water partition coefficient (Wildman–Crippen LogP) is 4.41. The molecule has 2 N–H and O–H groups in total. The second kappa shape index (κ2) is 9.39. The highest BCUT2D eigenvalue weighted by atomic mass is 16.5. The minimum absolute atomic E-state index is 0.376. The third-order valence-corrected chi connectivity index (χ3v) is 6.81. The second-order valence-corrected chi connectivity index (χ2v) is 9.07. The molecule has 0 amide bonds. The van der Waals surface area contributed by atoms with Crippen LogP contribution in [-0.4, -0.2) is 43.9 Å². The zero-order valence-electron chi connectivity index (χ0n) is 19.7. The molecule has 33 heavy (non-hydrogen) atoms. The van der Waals surface area contributed by atoms with Crippen molar-refractivity contribution >= 4 is 28.3 Å². The number of rotatable bonds is 8. The van der Waals surface area contributed by atoms with Crippen LogP contribution in [-0.2, 0) is 24.8 Å². The van der Waals surface area contributed by atoms with Gasteiger partial charge in [-0.3, -0.25) is 0 Å². The molecule has 174 valence electrons. The molecule has 3 heterocycles. The Balaban J connectivity index is 1.42. The Bertz CT molecular complexity index is 1240. The minimum atomic E-state index is 0.376. The van der Waals surface area contributed by atoms with Crippen LogP contribution < -0.4 is 10.6 Å². The molecule has 4 aromatic rings. The molecule has 0 aliphatic heterocycles. The van der Waals surface area contributed by atoms with Crippen LogP contribution in [0.2, 0.25) is 0 Å². The Hall–Kier alpha value is -3.13. The summed E-state index contributed by atoms with van der Waals surface area (Å²) in [4.78, 5) is 9.44.